The zero-order valence-electron chi connectivity index (χ0n) is 11.1. The van der Waals surface area contributed by atoms with Crippen LogP contribution in [0.25, 0.3) is 0 Å². The van der Waals surface area contributed by atoms with E-state index in [1.807, 2.05) is 0 Å². The summed E-state index contributed by atoms with van der Waals surface area (Å²) >= 11 is 0. The van der Waals surface area contributed by atoms with Gasteiger partial charge in [0.05, 0.1) is 0 Å². The molecule has 0 aromatic heterocycles. The monoisotopic (exact) mass is 336 g/mol. The second-order valence-electron chi connectivity index (χ2n) is 4.04. The van der Waals surface area contributed by atoms with E-state index in [4.69, 9.17) is 0 Å². The minimum Gasteiger partial charge on any atom is -1.00 e. The minimum atomic E-state index is 0. The molecule has 0 N–H and O–H groups in total. The van der Waals surface area contributed by atoms with Gasteiger partial charge in [0, 0.05) is 0 Å². The average molecular weight is 338 g/mol. The average Bonchev–Trinajstić information content (AvgIpc) is 2.16. The molecule has 0 aliphatic rings. The van der Waals surface area contributed by atoms with Crippen LogP contribution in [0.3, 0.4) is 0 Å². The molecule has 17 heavy (non-hydrogen) atoms. The molecule has 0 fully saturated rings. The molecule has 4 heteroatoms. The van der Waals surface area contributed by atoms with Gasteiger partial charge < -0.3 is 44.1 Å². The fraction of sp³-hybridized carbons (Fsp3) is 0.923. The third kappa shape index (κ3) is 31.8. The molecule has 0 saturated carbocycles. The Kier molecular flexibility index (Phi) is 55.9. The van der Waals surface area contributed by atoms with E-state index in [2.05, 4.69) is 13.8 Å². The van der Waals surface area contributed by atoms with E-state index >= 15 is 0 Å². The van der Waals surface area contributed by atoms with Crippen molar-refractivity contribution in [2.24, 2.45) is 0 Å². The van der Waals surface area contributed by atoms with Gasteiger partial charge in [-0.15, -0.1) is 0 Å². The molecule has 0 aliphatic carbocycles. The summed E-state index contributed by atoms with van der Waals surface area (Å²) in [7, 11) is 0. The summed E-state index contributed by atoms with van der Waals surface area (Å²) in [6, 6.07) is 0. The standard InChI is InChI=1S/C13H27.3ClH.Ti/c1-3-5-7-9-11-13-12-10-8-6-4-2;;;;/h1,3-13H2,2H3;3*1H;/q-1;;;;+4/p-3. The van der Waals surface area contributed by atoms with E-state index in [1.165, 1.54) is 64.2 Å². The Morgan fingerprint density at radius 1 is 0.588 bits per heavy atom. The van der Waals surface area contributed by atoms with E-state index in [0.717, 1.165) is 6.42 Å². The molecule has 0 amide bonds. The second kappa shape index (κ2) is 30.5. The van der Waals surface area contributed by atoms with Crippen LogP contribution in [0.5, 0.6) is 0 Å². The summed E-state index contributed by atoms with van der Waals surface area (Å²) in [5.41, 5.74) is 0. The van der Waals surface area contributed by atoms with Crippen LogP contribution in [0.1, 0.15) is 77.6 Å². The van der Waals surface area contributed by atoms with Gasteiger partial charge in [-0.05, 0) is 0 Å². The van der Waals surface area contributed by atoms with Gasteiger partial charge in [-0.3, -0.25) is 0 Å². The Balaban J connectivity index is -0.000000120. The van der Waals surface area contributed by atoms with E-state index in [9.17, 15) is 0 Å². The van der Waals surface area contributed by atoms with Crippen molar-refractivity contribution in [3.05, 3.63) is 6.92 Å². The summed E-state index contributed by atoms with van der Waals surface area (Å²) in [5, 5.41) is 0. The maximum atomic E-state index is 3.85. The topological polar surface area (TPSA) is 0 Å². The van der Waals surface area contributed by atoms with Crippen molar-refractivity contribution < 1.29 is 58.9 Å². The number of hydrogen-bond donors (Lipinski definition) is 0. The first-order valence-corrected chi connectivity index (χ1v) is 6.21. The fourth-order valence-electron chi connectivity index (χ4n) is 1.66. The fourth-order valence-corrected chi connectivity index (χ4v) is 1.66. The zero-order chi connectivity index (χ0) is 9.78. The van der Waals surface area contributed by atoms with Crippen LogP contribution in [-0.4, -0.2) is 0 Å². The van der Waals surface area contributed by atoms with Gasteiger partial charge in [-0.1, -0.05) is 71.1 Å². The molecular weight excluding hydrogens is 310 g/mol. The van der Waals surface area contributed by atoms with Crippen LogP contribution >= 0.6 is 0 Å². The van der Waals surface area contributed by atoms with Crippen LogP contribution < -0.4 is 37.2 Å². The normalized spacial score (nSPS) is 8.12. The summed E-state index contributed by atoms with van der Waals surface area (Å²) in [6.45, 7) is 6.13. The van der Waals surface area contributed by atoms with Crippen molar-refractivity contribution in [2.45, 2.75) is 77.6 Å². The smallest absolute Gasteiger partial charge is 1.00 e. The van der Waals surface area contributed by atoms with Gasteiger partial charge >= 0.3 is 21.7 Å². The molecule has 0 saturated heterocycles. The van der Waals surface area contributed by atoms with Crippen molar-refractivity contribution in [1.82, 2.24) is 0 Å². The van der Waals surface area contributed by atoms with E-state index in [1.54, 1.807) is 0 Å². The van der Waals surface area contributed by atoms with Crippen molar-refractivity contribution >= 4 is 0 Å². The Morgan fingerprint density at radius 2 is 0.882 bits per heavy atom. The van der Waals surface area contributed by atoms with Gasteiger partial charge in [0.1, 0.15) is 0 Å². The zero-order valence-corrected chi connectivity index (χ0v) is 14.9. The third-order valence-electron chi connectivity index (χ3n) is 2.60. The van der Waals surface area contributed by atoms with Crippen molar-refractivity contribution in [3.63, 3.8) is 0 Å². The molecule has 0 unspecified atom stereocenters. The summed E-state index contributed by atoms with van der Waals surface area (Å²) in [4.78, 5) is 0. The first-order valence-electron chi connectivity index (χ1n) is 6.21. The third-order valence-corrected chi connectivity index (χ3v) is 2.60. The van der Waals surface area contributed by atoms with Gasteiger partial charge in [-0.2, -0.15) is 6.42 Å². The molecule has 0 bridgehead atoms. The second-order valence-corrected chi connectivity index (χ2v) is 4.04. The molecule has 104 valence electrons. The molecule has 0 spiro atoms. The molecule has 0 atom stereocenters. The number of halogens is 3. The Morgan fingerprint density at radius 3 is 1.18 bits per heavy atom. The summed E-state index contributed by atoms with van der Waals surface area (Å²) in [5.74, 6) is 0. The van der Waals surface area contributed by atoms with E-state index in [0.29, 0.717) is 0 Å². The van der Waals surface area contributed by atoms with Gasteiger partial charge in [0.15, 0.2) is 0 Å². The van der Waals surface area contributed by atoms with Crippen molar-refractivity contribution in [2.75, 3.05) is 0 Å². The Hall–Kier alpha value is 1.58. The quantitative estimate of drug-likeness (QED) is 0.218. The Labute approximate surface area is 143 Å². The van der Waals surface area contributed by atoms with E-state index < -0.39 is 0 Å². The molecule has 0 heterocycles. The maximum absolute atomic E-state index is 3.85. The molecule has 0 nitrogen and oxygen atoms in total. The largest absolute Gasteiger partial charge is 4.00 e. The van der Waals surface area contributed by atoms with Crippen LogP contribution in [0.15, 0.2) is 0 Å². The first-order chi connectivity index (χ1) is 6.41. The number of rotatable bonds is 10. The molecule has 0 rings (SSSR count). The van der Waals surface area contributed by atoms with Crippen LogP contribution in [0.2, 0.25) is 0 Å². The predicted octanol–water partition coefficient (Wildman–Crippen LogP) is -3.86. The molecule has 0 radical (unpaired) electrons. The van der Waals surface area contributed by atoms with Gasteiger partial charge in [-0.25, -0.2) is 0 Å². The predicted molar refractivity (Wildman–Crippen MR) is 61.8 cm³/mol. The van der Waals surface area contributed by atoms with Crippen molar-refractivity contribution in [1.29, 1.82) is 0 Å². The molecule has 0 aromatic carbocycles. The van der Waals surface area contributed by atoms with Gasteiger partial charge in [0.25, 0.3) is 0 Å². The summed E-state index contributed by atoms with van der Waals surface area (Å²) in [6.07, 6.45) is 15.4. The van der Waals surface area contributed by atoms with E-state index in [-0.39, 0.29) is 58.9 Å². The molecule has 0 aliphatic heterocycles. The SMILES string of the molecule is [CH2-]CCCCCCCCCCCC.[Cl-].[Cl-].[Cl-].[Ti+4]. The number of unbranched alkanes of at least 4 members (excludes halogenated alkanes) is 10. The van der Waals surface area contributed by atoms with Crippen LogP contribution in [-0.2, 0) is 21.7 Å². The maximum Gasteiger partial charge on any atom is 4.00 e. The van der Waals surface area contributed by atoms with Crippen molar-refractivity contribution in [3.8, 4) is 0 Å². The van der Waals surface area contributed by atoms with Gasteiger partial charge in [0.2, 0.25) is 0 Å². The van der Waals surface area contributed by atoms with Crippen LogP contribution in [0.4, 0.5) is 0 Å². The minimum absolute atomic E-state index is 0. The van der Waals surface area contributed by atoms with Crippen LogP contribution in [0, 0.1) is 6.92 Å². The Bertz CT molecular complexity index is 82.7. The molecule has 0 aromatic rings. The number of hydrogen-bond acceptors (Lipinski definition) is 0. The first kappa shape index (κ1) is 31.1. The summed E-state index contributed by atoms with van der Waals surface area (Å²) < 4.78 is 0. The molecular formula is C13H27Cl3Ti.